The fourth-order valence-electron chi connectivity index (χ4n) is 1.94. The molecule has 0 aliphatic heterocycles. The van der Waals surface area contributed by atoms with Gasteiger partial charge in [0.15, 0.2) is 16.6 Å². The lowest BCUT2D eigenvalue weighted by atomic mass is 10.1. The zero-order chi connectivity index (χ0) is 15.2. The average Bonchev–Trinajstić information content (AvgIpc) is 3.00. The highest BCUT2D eigenvalue weighted by molar-refractivity contribution is 7.18. The quantitative estimate of drug-likeness (QED) is 0.846. The lowest BCUT2D eigenvalue weighted by Crippen LogP contribution is -1.97. The number of thiazole rings is 1. The first-order valence-electron chi connectivity index (χ1n) is 6.73. The molecule has 0 atom stereocenters. The molecule has 0 amide bonds. The minimum absolute atomic E-state index is 0.595. The van der Waals surface area contributed by atoms with Gasteiger partial charge < -0.3 is 19.5 Å². The van der Waals surface area contributed by atoms with Gasteiger partial charge in [-0.3, -0.25) is 0 Å². The van der Waals surface area contributed by atoms with Crippen LogP contribution in [-0.4, -0.2) is 32.9 Å². The lowest BCUT2D eigenvalue weighted by molar-refractivity contribution is 0.324. The molecule has 0 bridgehead atoms. The second-order valence-electron chi connectivity index (χ2n) is 4.37. The normalized spacial score (nSPS) is 10.3. The van der Waals surface area contributed by atoms with E-state index in [0.717, 1.165) is 28.5 Å². The first-order valence-corrected chi connectivity index (χ1v) is 7.55. The molecule has 0 unspecified atom stereocenters. The molecule has 1 aromatic heterocycles. The molecule has 1 heterocycles. The van der Waals surface area contributed by atoms with Crippen LogP contribution < -0.4 is 19.5 Å². The Labute approximate surface area is 128 Å². The van der Waals surface area contributed by atoms with Gasteiger partial charge in [-0.15, -0.1) is 0 Å². The fourth-order valence-corrected chi connectivity index (χ4v) is 2.77. The summed E-state index contributed by atoms with van der Waals surface area (Å²) in [5.41, 5.74) is 0.992. The molecule has 21 heavy (non-hydrogen) atoms. The van der Waals surface area contributed by atoms with E-state index in [-0.39, 0.29) is 0 Å². The average molecular weight is 308 g/mol. The summed E-state index contributed by atoms with van der Waals surface area (Å²) in [5, 5.41) is 4.20. The van der Waals surface area contributed by atoms with Gasteiger partial charge in [0, 0.05) is 18.3 Å². The SMILES string of the molecule is CCCNc1ncc(-c2cc(OC)c(OC)c(OC)c2)s1. The van der Waals surface area contributed by atoms with Crippen molar-refractivity contribution in [2.75, 3.05) is 33.2 Å². The molecule has 0 aliphatic carbocycles. The van der Waals surface area contributed by atoms with Crippen molar-refractivity contribution >= 4 is 16.5 Å². The molecule has 114 valence electrons. The summed E-state index contributed by atoms with van der Waals surface area (Å²) < 4.78 is 16.1. The molecule has 6 heteroatoms. The highest BCUT2D eigenvalue weighted by Gasteiger charge is 2.15. The van der Waals surface area contributed by atoms with E-state index in [1.807, 2.05) is 18.3 Å². The summed E-state index contributed by atoms with van der Waals surface area (Å²) in [5.74, 6) is 1.88. The number of benzene rings is 1. The van der Waals surface area contributed by atoms with E-state index < -0.39 is 0 Å². The smallest absolute Gasteiger partial charge is 0.203 e. The van der Waals surface area contributed by atoms with Gasteiger partial charge in [0.05, 0.1) is 26.2 Å². The monoisotopic (exact) mass is 308 g/mol. The molecule has 0 saturated heterocycles. The van der Waals surface area contributed by atoms with Gasteiger partial charge in [0.25, 0.3) is 0 Å². The minimum Gasteiger partial charge on any atom is -0.493 e. The predicted molar refractivity (Wildman–Crippen MR) is 86.0 cm³/mol. The number of anilines is 1. The van der Waals surface area contributed by atoms with E-state index >= 15 is 0 Å². The van der Waals surface area contributed by atoms with Crippen LogP contribution in [0.25, 0.3) is 10.4 Å². The minimum atomic E-state index is 0.595. The zero-order valence-electron chi connectivity index (χ0n) is 12.7. The molecule has 0 fully saturated rings. The van der Waals surface area contributed by atoms with Gasteiger partial charge in [-0.1, -0.05) is 18.3 Å². The number of aromatic nitrogens is 1. The Bertz CT molecular complexity index is 573. The molecular weight excluding hydrogens is 288 g/mol. The van der Waals surface area contributed by atoms with Crippen LogP contribution in [0, 0.1) is 0 Å². The third kappa shape index (κ3) is 3.39. The lowest BCUT2D eigenvalue weighted by Gasteiger charge is -2.13. The number of hydrogen-bond acceptors (Lipinski definition) is 6. The van der Waals surface area contributed by atoms with E-state index in [1.165, 1.54) is 0 Å². The van der Waals surface area contributed by atoms with Gasteiger partial charge in [0.1, 0.15) is 0 Å². The molecule has 5 nitrogen and oxygen atoms in total. The van der Waals surface area contributed by atoms with Crippen molar-refractivity contribution in [3.8, 4) is 27.7 Å². The number of ether oxygens (including phenoxy) is 3. The molecule has 1 aromatic carbocycles. The van der Waals surface area contributed by atoms with Crippen LogP contribution in [0.5, 0.6) is 17.2 Å². The van der Waals surface area contributed by atoms with Crippen molar-refractivity contribution < 1.29 is 14.2 Å². The Morgan fingerprint density at radius 2 is 1.76 bits per heavy atom. The zero-order valence-corrected chi connectivity index (χ0v) is 13.5. The molecule has 0 saturated carbocycles. The van der Waals surface area contributed by atoms with E-state index in [0.29, 0.717) is 17.2 Å². The van der Waals surface area contributed by atoms with Crippen LogP contribution in [0.3, 0.4) is 0 Å². The summed E-state index contributed by atoms with van der Waals surface area (Å²) >= 11 is 1.60. The summed E-state index contributed by atoms with van der Waals surface area (Å²) in [6.45, 7) is 3.04. The highest BCUT2D eigenvalue weighted by Crippen LogP contribution is 2.42. The van der Waals surface area contributed by atoms with Crippen LogP contribution in [0.4, 0.5) is 5.13 Å². The van der Waals surface area contributed by atoms with Crippen molar-refractivity contribution in [1.29, 1.82) is 0 Å². The number of methoxy groups -OCH3 is 3. The van der Waals surface area contributed by atoms with Crippen molar-refractivity contribution in [3.63, 3.8) is 0 Å². The van der Waals surface area contributed by atoms with Crippen LogP contribution in [0.2, 0.25) is 0 Å². The van der Waals surface area contributed by atoms with Crippen LogP contribution in [0.1, 0.15) is 13.3 Å². The largest absolute Gasteiger partial charge is 0.493 e. The maximum atomic E-state index is 5.38. The first kappa shape index (κ1) is 15.4. The van der Waals surface area contributed by atoms with Crippen molar-refractivity contribution in [2.45, 2.75) is 13.3 Å². The number of rotatable bonds is 7. The Hall–Kier alpha value is -1.95. The summed E-state index contributed by atoms with van der Waals surface area (Å²) in [7, 11) is 4.82. The van der Waals surface area contributed by atoms with E-state index in [9.17, 15) is 0 Å². The first-order chi connectivity index (χ1) is 10.2. The van der Waals surface area contributed by atoms with Gasteiger partial charge in [-0.25, -0.2) is 4.98 Å². The van der Waals surface area contributed by atoms with E-state index in [2.05, 4.69) is 17.2 Å². The predicted octanol–water partition coefficient (Wildman–Crippen LogP) is 3.66. The second kappa shape index (κ2) is 7.17. The molecule has 0 aliphatic rings. The third-order valence-corrected chi connectivity index (χ3v) is 3.99. The molecule has 2 aromatic rings. The topological polar surface area (TPSA) is 52.6 Å². The Morgan fingerprint density at radius 1 is 1.10 bits per heavy atom. The van der Waals surface area contributed by atoms with Crippen LogP contribution in [0.15, 0.2) is 18.3 Å². The Kier molecular flexibility index (Phi) is 5.27. The van der Waals surface area contributed by atoms with Crippen LogP contribution in [-0.2, 0) is 0 Å². The summed E-state index contributed by atoms with van der Waals surface area (Å²) in [6.07, 6.45) is 2.92. The maximum Gasteiger partial charge on any atom is 0.203 e. The molecular formula is C15H20N2O3S. The molecule has 0 spiro atoms. The third-order valence-electron chi connectivity index (χ3n) is 2.98. The van der Waals surface area contributed by atoms with Crippen molar-refractivity contribution in [2.24, 2.45) is 0 Å². The van der Waals surface area contributed by atoms with Gasteiger partial charge in [-0.05, 0) is 18.6 Å². The maximum absolute atomic E-state index is 5.38. The van der Waals surface area contributed by atoms with Crippen molar-refractivity contribution in [1.82, 2.24) is 4.98 Å². The van der Waals surface area contributed by atoms with E-state index in [1.54, 1.807) is 32.7 Å². The van der Waals surface area contributed by atoms with E-state index in [4.69, 9.17) is 14.2 Å². The molecule has 0 radical (unpaired) electrons. The fraction of sp³-hybridized carbons (Fsp3) is 0.400. The highest BCUT2D eigenvalue weighted by atomic mass is 32.1. The van der Waals surface area contributed by atoms with Crippen molar-refractivity contribution in [3.05, 3.63) is 18.3 Å². The van der Waals surface area contributed by atoms with Crippen LogP contribution >= 0.6 is 11.3 Å². The number of nitrogens with zero attached hydrogens (tertiary/aromatic N) is 1. The standard InChI is InChI=1S/C15H20N2O3S/c1-5-6-16-15-17-9-13(21-15)10-7-11(18-2)14(20-4)12(8-10)19-3/h7-9H,5-6H2,1-4H3,(H,16,17). The summed E-state index contributed by atoms with van der Waals surface area (Å²) in [6, 6.07) is 3.86. The molecule has 2 rings (SSSR count). The second-order valence-corrected chi connectivity index (χ2v) is 5.40. The van der Waals surface area contributed by atoms with Gasteiger partial charge in [-0.2, -0.15) is 0 Å². The number of hydrogen-bond donors (Lipinski definition) is 1. The number of nitrogens with one attached hydrogen (secondary N) is 1. The molecule has 1 N–H and O–H groups in total. The summed E-state index contributed by atoms with van der Waals surface area (Å²) in [4.78, 5) is 5.43. The van der Waals surface area contributed by atoms with Gasteiger partial charge >= 0.3 is 0 Å². The van der Waals surface area contributed by atoms with Gasteiger partial charge in [0.2, 0.25) is 5.75 Å². The Morgan fingerprint density at radius 3 is 2.29 bits per heavy atom. The Balaban J connectivity index is 2.37.